The number of hydrogen-bond acceptors (Lipinski definition) is 3. The molecule has 4 nitrogen and oxygen atoms in total. The van der Waals surface area contributed by atoms with Crippen LogP contribution in [0.4, 0.5) is 0 Å². The van der Waals surface area contributed by atoms with E-state index < -0.39 is 0 Å². The summed E-state index contributed by atoms with van der Waals surface area (Å²) in [5, 5.41) is 3.28. The van der Waals surface area contributed by atoms with Crippen LogP contribution in [0.1, 0.15) is 38.9 Å². The van der Waals surface area contributed by atoms with Gasteiger partial charge in [-0.2, -0.15) is 0 Å². The molecule has 0 bridgehead atoms. The molecule has 0 aliphatic heterocycles. The van der Waals surface area contributed by atoms with Crippen LogP contribution in [0.25, 0.3) is 0 Å². The average Bonchev–Trinajstić information content (AvgIpc) is 3.03. The van der Waals surface area contributed by atoms with Crippen molar-refractivity contribution in [2.24, 2.45) is 0 Å². The molecule has 1 unspecified atom stereocenters. The Bertz CT molecular complexity index is 371. The number of rotatable bonds is 7. The van der Waals surface area contributed by atoms with Crippen LogP contribution in [0.15, 0.2) is 22.8 Å². The van der Waals surface area contributed by atoms with E-state index in [0.717, 1.165) is 25.1 Å². The quantitative estimate of drug-likeness (QED) is 0.806. The maximum absolute atomic E-state index is 12.3. The van der Waals surface area contributed by atoms with Crippen molar-refractivity contribution in [1.82, 2.24) is 10.2 Å². The van der Waals surface area contributed by atoms with Gasteiger partial charge in [0, 0.05) is 18.5 Å². The fraction of sp³-hybridized carbons (Fsp3) is 0.643. The van der Waals surface area contributed by atoms with Crippen molar-refractivity contribution >= 4 is 5.91 Å². The lowest BCUT2D eigenvalue weighted by Crippen LogP contribution is -2.37. The van der Waals surface area contributed by atoms with Crippen molar-refractivity contribution in [1.29, 1.82) is 0 Å². The van der Waals surface area contributed by atoms with Gasteiger partial charge in [0.1, 0.15) is 5.76 Å². The zero-order valence-corrected chi connectivity index (χ0v) is 11.2. The van der Waals surface area contributed by atoms with Gasteiger partial charge < -0.3 is 14.6 Å². The molecule has 1 fully saturated rings. The lowest BCUT2D eigenvalue weighted by Gasteiger charge is -2.23. The van der Waals surface area contributed by atoms with Crippen LogP contribution in [-0.2, 0) is 11.3 Å². The first-order valence-corrected chi connectivity index (χ1v) is 6.76. The Hall–Kier alpha value is -1.29. The third kappa shape index (κ3) is 3.60. The summed E-state index contributed by atoms with van der Waals surface area (Å²) in [6, 6.07) is 4.46. The SMILES string of the molecule is CCNC(C)CC(=O)N(Cc1ccco1)C1CC1. The van der Waals surface area contributed by atoms with Crippen LogP contribution in [0.5, 0.6) is 0 Å². The van der Waals surface area contributed by atoms with E-state index in [1.807, 2.05) is 17.0 Å². The molecule has 1 N–H and O–H groups in total. The molecule has 1 aliphatic rings. The van der Waals surface area contributed by atoms with Crippen LogP contribution in [0.3, 0.4) is 0 Å². The number of carbonyl (C=O) groups excluding carboxylic acids is 1. The van der Waals surface area contributed by atoms with Crippen molar-refractivity contribution in [3.8, 4) is 0 Å². The Labute approximate surface area is 108 Å². The van der Waals surface area contributed by atoms with Gasteiger partial charge in [0.15, 0.2) is 0 Å². The van der Waals surface area contributed by atoms with Crippen molar-refractivity contribution < 1.29 is 9.21 Å². The standard InChI is InChI=1S/C14H22N2O2/c1-3-15-11(2)9-14(17)16(12-6-7-12)10-13-5-4-8-18-13/h4-5,8,11-12,15H,3,6-7,9-10H2,1-2H3. The van der Waals surface area contributed by atoms with Gasteiger partial charge in [-0.05, 0) is 38.4 Å². The van der Waals surface area contributed by atoms with E-state index in [9.17, 15) is 4.79 Å². The maximum Gasteiger partial charge on any atom is 0.224 e. The number of furan rings is 1. The minimum absolute atomic E-state index is 0.224. The molecule has 1 aromatic heterocycles. The summed E-state index contributed by atoms with van der Waals surface area (Å²) in [5.74, 6) is 1.09. The number of carbonyl (C=O) groups is 1. The highest BCUT2D eigenvalue weighted by molar-refractivity contribution is 5.77. The molecule has 1 heterocycles. The summed E-state index contributed by atoms with van der Waals surface area (Å²) in [6.07, 6.45) is 4.47. The Kier molecular flexibility index (Phi) is 4.42. The van der Waals surface area contributed by atoms with Crippen molar-refractivity contribution in [3.63, 3.8) is 0 Å². The second-order valence-electron chi connectivity index (χ2n) is 5.00. The van der Waals surface area contributed by atoms with E-state index >= 15 is 0 Å². The highest BCUT2D eigenvalue weighted by Crippen LogP contribution is 2.29. The van der Waals surface area contributed by atoms with E-state index in [1.54, 1.807) is 6.26 Å². The van der Waals surface area contributed by atoms with E-state index in [2.05, 4.69) is 19.2 Å². The lowest BCUT2D eigenvalue weighted by atomic mass is 10.2. The summed E-state index contributed by atoms with van der Waals surface area (Å²) in [6.45, 7) is 5.62. The molecule has 0 saturated heterocycles. The molecule has 18 heavy (non-hydrogen) atoms. The van der Waals surface area contributed by atoms with Gasteiger partial charge in [0.25, 0.3) is 0 Å². The molecular formula is C14H22N2O2. The van der Waals surface area contributed by atoms with Crippen molar-refractivity contribution in [2.45, 2.75) is 51.7 Å². The third-order valence-electron chi connectivity index (χ3n) is 3.25. The van der Waals surface area contributed by atoms with Crippen LogP contribution in [0.2, 0.25) is 0 Å². The molecule has 2 rings (SSSR count). The summed E-state index contributed by atoms with van der Waals surface area (Å²) in [4.78, 5) is 14.2. The maximum atomic E-state index is 12.3. The van der Waals surface area contributed by atoms with Crippen LogP contribution < -0.4 is 5.32 Å². The first-order chi connectivity index (χ1) is 8.70. The molecule has 0 spiro atoms. The number of amides is 1. The molecule has 1 aliphatic carbocycles. The largest absolute Gasteiger partial charge is 0.467 e. The van der Waals surface area contributed by atoms with Crippen LogP contribution in [-0.4, -0.2) is 29.4 Å². The lowest BCUT2D eigenvalue weighted by molar-refractivity contribution is -0.133. The van der Waals surface area contributed by atoms with Gasteiger partial charge in [-0.1, -0.05) is 6.92 Å². The predicted molar refractivity (Wildman–Crippen MR) is 70.0 cm³/mol. The minimum Gasteiger partial charge on any atom is -0.467 e. The highest BCUT2D eigenvalue weighted by Gasteiger charge is 2.33. The number of hydrogen-bond donors (Lipinski definition) is 1. The van der Waals surface area contributed by atoms with Gasteiger partial charge in [-0.3, -0.25) is 4.79 Å². The zero-order valence-electron chi connectivity index (χ0n) is 11.2. The van der Waals surface area contributed by atoms with Crippen LogP contribution in [0, 0.1) is 0 Å². The summed E-state index contributed by atoms with van der Waals surface area (Å²) >= 11 is 0. The first-order valence-electron chi connectivity index (χ1n) is 6.76. The Morgan fingerprint density at radius 3 is 2.94 bits per heavy atom. The van der Waals surface area contributed by atoms with Crippen LogP contribution >= 0.6 is 0 Å². The molecule has 1 aromatic rings. The minimum atomic E-state index is 0.224. The molecule has 1 saturated carbocycles. The van der Waals surface area contributed by atoms with Gasteiger partial charge in [-0.15, -0.1) is 0 Å². The van der Waals surface area contributed by atoms with E-state index in [-0.39, 0.29) is 11.9 Å². The van der Waals surface area contributed by atoms with Crippen molar-refractivity contribution in [2.75, 3.05) is 6.54 Å². The summed E-state index contributed by atoms with van der Waals surface area (Å²) in [5.41, 5.74) is 0. The molecule has 4 heteroatoms. The highest BCUT2D eigenvalue weighted by atomic mass is 16.3. The monoisotopic (exact) mass is 250 g/mol. The fourth-order valence-corrected chi connectivity index (χ4v) is 2.18. The normalized spacial score (nSPS) is 16.6. The Balaban J connectivity index is 1.90. The molecule has 0 radical (unpaired) electrons. The number of nitrogens with one attached hydrogen (secondary N) is 1. The van der Waals surface area contributed by atoms with Gasteiger partial charge >= 0.3 is 0 Å². The summed E-state index contributed by atoms with van der Waals surface area (Å²) in [7, 11) is 0. The molecule has 100 valence electrons. The number of nitrogens with zero attached hydrogens (tertiary/aromatic N) is 1. The smallest absolute Gasteiger partial charge is 0.224 e. The van der Waals surface area contributed by atoms with Gasteiger partial charge in [0.2, 0.25) is 5.91 Å². The molecular weight excluding hydrogens is 228 g/mol. The van der Waals surface area contributed by atoms with Gasteiger partial charge in [0.05, 0.1) is 12.8 Å². The van der Waals surface area contributed by atoms with E-state index in [4.69, 9.17) is 4.42 Å². The molecule has 1 atom stereocenters. The first kappa shape index (κ1) is 13.1. The summed E-state index contributed by atoms with van der Waals surface area (Å²) < 4.78 is 5.34. The van der Waals surface area contributed by atoms with E-state index in [1.165, 1.54) is 0 Å². The zero-order chi connectivity index (χ0) is 13.0. The Morgan fingerprint density at radius 2 is 2.39 bits per heavy atom. The fourth-order valence-electron chi connectivity index (χ4n) is 2.18. The second kappa shape index (κ2) is 6.05. The average molecular weight is 250 g/mol. The van der Waals surface area contributed by atoms with E-state index in [0.29, 0.717) is 19.0 Å². The third-order valence-corrected chi connectivity index (χ3v) is 3.25. The topological polar surface area (TPSA) is 45.5 Å². The predicted octanol–water partition coefficient (Wildman–Crippen LogP) is 2.16. The second-order valence-corrected chi connectivity index (χ2v) is 5.00. The Morgan fingerprint density at radius 1 is 1.61 bits per heavy atom. The molecule has 0 aromatic carbocycles. The van der Waals surface area contributed by atoms with Gasteiger partial charge in [-0.25, -0.2) is 0 Å². The molecule has 1 amide bonds. The van der Waals surface area contributed by atoms with Crippen molar-refractivity contribution in [3.05, 3.63) is 24.2 Å².